The predicted octanol–water partition coefficient (Wildman–Crippen LogP) is 3.04. The molecule has 3 rings (SSSR count). The third-order valence-electron chi connectivity index (χ3n) is 5.79. The van der Waals surface area contributed by atoms with Crippen LogP contribution in [0.15, 0.2) is 18.2 Å². The Hall–Kier alpha value is -1.82. The number of anilines is 1. The molecule has 1 aromatic rings. The van der Waals surface area contributed by atoms with E-state index >= 15 is 0 Å². The lowest BCUT2D eigenvalue weighted by Crippen LogP contribution is -2.66. The number of amides is 1. The number of benzene rings is 1. The minimum absolute atomic E-state index is 0.0442. The van der Waals surface area contributed by atoms with Crippen LogP contribution >= 0.6 is 10.6 Å². The van der Waals surface area contributed by atoms with Gasteiger partial charge in [-0.3, -0.25) is 19.3 Å². The van der Waals surface area contributed by atoms with Crippen molar-refractivity contribution >= 4 is 28.0 Å². The van der Waals surface area contributed by atoms with Gasteiger partial charge in [0.15, 0.2) is 0 Å². The number of carbonyl (C=O) groups is 1. The van der Waals surface area contributed by atoms with Gasteiger partial charge in [0.25, 0.3) is 5.91 Å². The summed E-state index contributed by atoms with van der Waals surface area (Å²) in [4.78, 5) is 13.3. The molecule has 0 radical (unpaired) electrons. The molecule has 1 aromatic carbocycles. The van der Waals surface area contributed by atoms with E-state index in [0.29, 0.717) is 25.9 Å². The second-order valence-electron chi connectivity index (χ2n) is 7.93. The Bertz CT molecular complexity index is 831. The van der Waals surface area contributed by atoms with Gasteiger partial charge in [0.1, 0.15) is 16.4 Å². The van der Waals surface area contributed by atoms with Gasteiger partial charge in [-0.15, -0.1) is 0 Å². The Morgan fingerprint density at radius 1 is 1.34 bits per heavy atom. The molecule has 11 heteroatoms. The first kappa shape index (κ1) is 21.9. The predicted molar refractivity (Wildman–Crippen MR) is 106 cm³/mol. The maximum atomic E-state index is 14.6. The molecular weight excluding hydrogens is 409 g/mol. The van der Waals surface area contributed by atoms with Crippen LogP contribution < -0.4 is 10.6 Å². The van der Waals surface area contributed by atoms with Crippen LogP contribution in [0.1, 0.15) is 25.3 Å². The number of nitrogens with one attached hydrogen (secondary N) is 3. The van der Waals surface area contributed by atoms with Crippen molar-refractivity contribution in [1.82, 2.24) is 10.2 Å². The number of halogens is 3. The van der Waals surface area contributed by atoms with Crippen molar-refractivity contribution in [1.29, 1.82) is 5.41 Å². The van der Waals surface area contributed by atoms with Gasteiger partial charge in [-0.05, 0) is 45.0 Å². The highest BCUT2D eigenvalue weighted by molar-refractivity contribution is 8.26. The highest BCUT2D eigenvalue weighted by Crippen LogP contribution is 2.62. The van der Waals surface area contributed by atoms with E-state index in [1.807, 2.05) is 17.3 Å². The Kier molecular flexibility index (Phi) is 5.63. The minimum atomic E-state index is -3.33. The van der Waals surface area contributed by atoms with Crippen LogP contribution in [0.5, 0.6) is 0 Å². The molecule has 1 amide bonds. The smallest absolute Gasteiger partial charge is 0.315 e. The highest BCUT2D eigenvalue weighted by Gasteiger charge is 2.56. The van der Waals surface area contributed by atoms with E-state index in [1.54, 1.807) is 0 Å². The Morgan fingerprint density at radius 2 is 1.97 bits per heavy atom. The molecule has 5 N–H and O–H groups in total. The van der Waals surface area contributed by atoms with Crippen LogP contribution in [0, 0.1) is 11.2 Å². The molecule has 1 atom stereocenters. The SMILES string of the molecule is CN1CCC2(CC1)C(=N)N[C@](C)(c1cc(NC(=O)C(F)F)ccc1F)CS2(O)O. The monoisotopic (exact) mass is 434 g/mol. The second-order valence-corrected chi connectivity index (χ2v) is 10.3. The summed E-state index contributed by atoms with van der Waals surface area (Å²) in [5.41, 5.74) is -1.45. The number of likely N-dealkylation sites (tertiary alicyclic amines) is 1. The summed E-state index contributed by atoms with van der Waals surface area (Å²) in [7, 11) is -1.41. The van der Waals surface area contributed by atoms with Crippen LogP contribution in [0.4, 0.5) is 18.9 Å². The van der Waals surface area contributed by atoms with Gasteiger partial charge in [0.2, 0.25) is 0 Å². The summed E-state index contributed by atoms with van der Waals surface area (Å²) in [5, 5.41) is 13.5. The molecule has 7 nitrogen and oxygen atoms in total. The number of amidine groups is 1. The largest absolute Gasteiger partial charge is 0.361 e. The molecule has 29 heavy (non-hydrogen) atoms. The van der Waals surface area contributed by atoms with Gasteiger partial charge >= 0.3 is 6.43 Å². The first-order chi connectivity index (χ1) is 13.4. The lowest BCUT2D eigenvalue weighted by atomic mass is 9.88. The normalized spacial score (nSPS) is 27.5. The minimum Gasteiger partial charge on any atom is -0.361 e. The van der Waals surface area contributed by atoms with Crippen LogP contribution in [0.25, 0.3) is 0 Å². The number of piperidine rings is 1. The van der Waals surface area contributed by atoms with E-state index < -0.39 is 39.0 Å². The molecule has 162 valence electrons. The van der Waals surface area contributed by atoms with Crippen molar-refractivity contribution in [3.05, 3.63) is 29.6 Å². The molecule has 2 aliphatic rings. The summed E-state index contributed by atoms with van der Waals surface area (Å²) in [5.74, 6) is -2.54. The zero-order valence-electron chi connectivity index (χ0n) is 16.1. The topological polar surface area (TPSA) is 109 Å². The zero-order valence-corrected chi connectivity index (χ0v) is 17.0. The number of alkyl halides is 2. The van der Waals surface area contributed by atoms with Crippen molar-refractivity contribution in [2.45, 2.75) is 36.5 Å². The van der Waals surface area contributed by atoms with Crippen LogP contribution in [0.2, 0.25) is 0 Å². The van der Waals surface area contributed by atoms with E-state index in [2.05, 4.69) is 5.32 Å². The van der Waals surface area contributed by atoms with E-state index in [1.165, 1.54) is 13.0 Å². The van der Waals surface area contributed by atoms with Gasteiger partial charge in [-0.1, -0.05) is 0 Å². The number of hydrogen-bond acceptors (Lipinski definition) is 5. The van der Waals surface area contributed by atoms with E-state index in [4.69, 9.17) is 5.41 Å². The molecular formula is C18H25F3N4O3S. The van der Waals surface area contributed by atoms with Crippen molar-refractivity contribution in [3.63, 3.8) is 0 Å². The van der Waals surface area contributed by atoms with E-state index in [0.717, 1.165) is 12.1 Å². The quantitative estimate of drug-likeness (QED) is 0.503. The average molecular weight is 434 g/mol. The Morgan fingerprint density at radius 3 is 2.52 bits per heavy atom. The number of hydrogen-bond donors (Lipinski definition) is 5. The summed E-state index contributed by atoms with van der Waals surface area (Å²) in [6.45, 7) is 2.72. The third kappa shape index (κ3) is 3.83. The molecule has 2 heterocycles. The Balaban J connectivity index is 1.94. The van der Waals surface area contributed by atoms with Crippen molar-refractivity contribution in [2.24, 2.45) is 0 Å². The third-order valence-corrected chi connectivity index (χ3v) is 8.64. The van der Waals surface area contributed by atoms with E-state index in [9.17, 15) is 27.1 Å². The molecule has 2 aliphatic heterocycles. The maximum absolute atomic E-state index is 14.6. The second kappa shape index (κ2) is 7.46. The number of rotatable bonds is 3. The van der Waals surface area contributed by atoms with Crippen molar-refractivity contribution < 1.29 is 27.1 Å². The van der Waals surface area contributed by atoms with Crippen LogP contribution in [-0.2, 0) is 10.3 Å². The maximum Gasteiger partial charge on any atom is 0.315 e. The summed E-state index contributed by atoms with van der Waals surface area (Å²) in [6, 6.07) is 3.34. The fourth-order valence-electron chi connectivity index (χ4n) is 4.05. The lowest BCUT2D eigenvalue weighted by Gasteiger charge is -2.60. The first-order valence-corrected chi connectivity index (χ1v) is 10.8. The van der Waals surface area contributed by atoms with Crippen LogP contribution in [0.3, 0.4) is 0 Å². The van der Waals surface area contributed by atoms with Gasteiger partial charge in [-0.2, -0.15) is 19.4 Å². The van der Waals surface area contributed by atoms with Gasteiger partial charge in [0.05, 0.1) is 11.3 Å². The molecule has 0 saturated carbocycles. The molecule has 2 fully saturated rings. The van der Waals surface area contributed by atoms with Gasteiger partial charge < -0.3 is 15.5 Å². The van der Waals surface area contributed by atoms with Gasteiger partial charge in [0, 0.05) is 24.3 Å². The summed E-state index contributed by atoms with van der Waals surface area (Å²) >= 11 is 0. The zero-order chi connectivity index (χ0) is 21.6. The Labute approximate surface area is 168 Å². The highest BCUT2D eigenvalue weighted by atomic mass is 32.3. The van der Waals surface area contributed by atoms with Crippen LogP contribution in [-0.4, -0.2) is 62.8 Å². The molecule has 2 saturated heterocycles. The summed E-state index contributed by atoms with van der Waals surface area (Å²) in [6.07, 6.45) is -2.45. The van der Waals surface area contributed by atoms with Crippen molar-refractivity contribution in [2.75, 3.05) is 31.2 Å². The number of nitrogens with zero attached hydrogens (tertiary/aromatic N) is 1. The average Bonchev–Trinajstić information content (AvgIpc) is 2.62. The molecule has 0 aliphatic carbocycles. The van der Waals surface area contributed by atoms with Gasteiger partial charge in [-0.25, -0.2) is 4.39 Å². The standard InChI is InChI=1S/C18H25F3N4O3S/c1-17(12-9-11(3-4-13(12)19)23-15(26)14(20)21)10-29(27,28)18(16(22)24-17)5-7-25(2)8-6-18/h3-4,9,14,27-28H,5-8,10H2,1-2H3,(H2,22,24)(H,23,26)/t17-/m0/s1. The summed E-state index contributed by atoms with van der Waals surface area (Å²) < 4.78 is 60.6. The first-order valence-electron chi connectivity index (χ1n) is 9.10. The molecule has 0 bridgehead atoms. The fourth-order valence-corrected chi connectivity index (χ4v) is 6.58. The fraction of sp³-hybridized carbons (Fsp3) is 0.556. The lowest BCUT2D eigenvalue weighted by molar-refractivity contribution is -0.126. The van der Waals surface area contributed by atoms with E-state index in [-0.39, 0.29) is 22.8 Å². The van der Waals surface area contributed by atoms with Crippen molar-refractivity contribution in [3.8, 4) is 0 Å². The number of carbonyl (C=O) groups excluding carboxylic acids is 1. The molecule has 0 unspecified atom stereocenters. The molecule has 0 aromatic heterocycles. The molecule has 1 spiro atoms.